The summed E-state index contributed by atoms with van der Waals surface area (Å²) in [5.74, 6) is -0.00307. The molecule has 1 aliphatic heterocycles. The lowest BCUT2D eigenvalue weighted by Crippen LogP contribution is -2.27. The summed E-state index contributed by atoms with van der Waals surface area (Å²) in [5.41, 5.74) is 3.79. The maximum absolute atomic E-state index is 14.3. The third-order valence-electron chi connectivity index (χ3n) is 3.96. The summed E-state index contributed by atoms with van der Waals surface area (Å²) in [6, 6.07) is 3.26. The van der Waals surface area contributed by atoms with E-state index in [0.29, 0.717) is 17.3 Å². The summed E-state index contributed by atoms with van der Waals surface area (Å²) < 4.78 is 20.3. The lowest BCUT2D eigenvalue weighted by molar-refractivity contribution is 0.0832. The molecule has 1 fully saturated rings. The molecule has 1 unspecified atom stereocenters. The molecule has 0 radical (unpaired) electrons. The van der Waals surface area contributed by atoms with E-state index in [4.69, 9.17) is 4.74 Å². The van der Waals surface area contributed by atoms with Crippen molar-refractivity contribution < 1.29 is 14.2 Å². The molecule has 3 rings (SSSR count). The Kier molecular flexibility index (Phi) is 3.92. The number of halogens is 2. The Morgan fingerprint density at radius 2 is 2.29 bits per heavy atom. The molecule has 0 saturated heterocycles. The van der Waals surface area contributed by atoms with Crippen molar-refractivity contribution in [2.24, 2.45) is 11.0 Å². The summed E-state index contributed by atoms with van der Waals surface area (Å²) >= 11 is 3.35. The van der Waals surface area contributed by atoms with Crippen LogP contribution in [0.5, 0.6) is 5.75 Å². The Morgan fingerprint density at radius 3 is 2.90 bits per heavy atom. The third kappa shape index (κ3) is 3.21. The minimum atomic E-state index is -0.767. The molecule has 2 N–H and O–H groups in total. The van der Waals surface area contributed by atoms with E-state index in [1.165, 1.54) is 6.07 Å². The number of hydrogen-bond acceptors (Lipinski definition) is 4. The monoisotopic (exact) mass is 356 g/mol. The third-order valence-corrected chi connectivity index (χ3v) is 4.55. The van der Waals surface area contributed by atoms with Crippen LogP contribution in [0.2, 0.25) is 0 Å². The maximum atomic E-state index is 14.3. The minimum absolute atomic E-state index is 0.126. The molecular weight excluding hydrogens is 339 g/mol. The van der Waals surface area contributed by atoms with Crippen LogP contribution in [0.3, 0.4) is 0 Å². The van der Waals surface area contributed by atoms with Crippen molar-refractivity contribution in [3.63, 3.8) is 0 Å². The van der Waals surface area contributed by atoms with E-state index in [0.717, 1.165) is 24.2 Å². The molecule has 114 valence electrons. The average molecular weight is 357 g/mol. The van der Waals surface area contributed by atoms with Gasteiger partial charge in [-0.2, -0.15) is 5.10 Å². The van der Waals surface area contributed by atoms with Crippen molar-refractivity contribution in [2.45, 2.75) is 31.8 Å². The first kappa shape index (κ1) is 14.8. The Bertz CT molecular complexity index is 564. The van der Waals surface area contributed by atoms with Gasteiger partial charge in [-0.25, -0.2) is 4.39 Å². The number of aliphatic hydroxyl groups is 1. The van der Waals surface area contributed by atoms with Crippen LogP contribution < -0.4 is 10.2 Å². The fourth-order valence-electron chi connectivity index (χ4n) is 2.36. The molecule has 0 spiro atoms. The van der Waals surface area contributed by atoms with Crippen LogP contribution in [0.4, 0.5) is 4.39 Å². The Hall–Kier alpha value is -1.14. The van der Waals surface area contributed by atoms with E-state index in [9.17, 15) is 9.50 Å². The summed E-state index contributed by atoms with van der Waals surface area (Å²) in [7, 11) is 0. The van der Waals surface area contributed by atoms with Gasteiger partial charge in [-0.05, 0) is 47.3 Å². The number of hydrogen-bond donors (Lipinski definition) is 2. The number of ether oxygens (including phenoxy) is 1. The molecule has 1 aromatic rings. The molecule has 2 aliphatic rings. The highest BCUT2D eigenvalue weighted by Gasteiger charge is 2.41. The highest BCUT2D eigenvalue weighted by molar-refractivity contribution is 9.10. The molecule has 0 aromatic heterocycles. The molecule has 1 aliphatic carbocycles. The molecule has 1 heterocycles. The van der Waals surface area contributed by atoms with Gasteiger partial charge in [-0.15, -0.1) is 0 Å². The van der Waals surface area contributed by atoms with Crippen LogP contribution in [0.15, 0.2) is 21.7 Å². The summed E-state index contributed by atoms with van der Waals surface area (Å²) in [6.45, 7) is 3.05. The van der Waals surface area contributed by atoms with Crippen LogP contribution >= 0.6 is 15.9 Å². The van der Waals surface area contributed by atoms with Gasteiger partial charge < -0.3 is 15.3 Å². The normalized spacial score (nSPS) is 23.2. The predicted octanol–water partition coefficient (Wildman–Crippen LogP) is 2.83. The van der Waals surface area contributed by atoms with Gasteiger partial charge in [0.25, 0.3) is 0 Å². The van der Waals surface area contributed by atoms with Gasteiger partial charge in [-0.1, -0.05) is 6.92 Å². The lowest BCUT2D eigenvalue weighted by atomic mass is 9.94. The van der Waals surface area contributed by atoms with Crippen molar-refractivity contribution in [3.8, 4) is 5.75 Å². The topological polar surface area (TPSA) is 53.9 Å². The molecule has 6 heteroatoms. The standard InChI is InChI=1S/C15H18BrFN2O2/c1-9-2-5-18-19-13(9)10-6-11(16)14(12(17)7-10)21-8-15(20)3-4-15/h6-7,9,18,20H,2-5,8H2,1H3. The SMILES string of the molecule is CC1CCNN=C1c1cc(F)c(OCC2(O)CC2)c(Br)c1. The van der Waals surface area contributed by atoms with E-state index in [-0.39, 0.29) is 18.3 Å². The number of nitrogens with zero attached hydrogens (tertiary/aromatic N) is 1. The fourth-order valence-corrected chi connectivity index (χ4v) is 2.91. The Balaban J connectivity index is 1.83. The van der Waals surface area contributed by atoms with Crippen LogP contribution in [0, 0.1) is 11.7 Å². The number of benzene rings is 1. The predicted molar refractivity (Wildman–Crippen MR) is 82.1 cm³/mol. The van der Waals surface area contributed by atoms with Crippen LogP contribution in [0.25, 0.3) is 0 Å². The molecule has 1 aromatic carbocycles. The van der Waals surface area contributed by atoms with Crippen LogP contribution in [-0.4, -0.2) is 29.6 Å². The van der Waals surface area contributed by atoms with E-state index in [1.54, 1.807) is 0 Å². The number of rotatable bonds is 4. The van der Waals surface area contributed by atoms with Gasteiger partial charge in [0.2, 0.25) is 0 Å². The average Bonchev–Trinajstić information content (AvgIpc) is 3.16. The largest absolute Gasteiger partial charge is 0.486 e. The number of hydrazone groups is 1. The zero-order valence-electron chi connectivity index (χ0n) is 11.8. The zero-order chi connectivity index (χ0) is 15.0. The first-order chi connectivity index (χ1) is 9.98. The maximum Gasteiger partial charge on any atom is 0.169 e. The van der Waals surface area contributed by atoms with Crippen molar-refractivity contribution in [1.82, 2.24) is 5.43 Å². The van der Waals surface area contributed by atoms with Gasteiger partial charge in [0.15, 0.2) is 11.6 Å². The van der Waals surface area contributed by atoms with Gasteiger partial charge in [0, 0.05) is 18.0 Å². The quantitative estimate of drug-likeness (QED) is 0.871. The van der Waals surface area contributed by atoms with Gasteiger partial charge in [0.05, 0.1) is 15.8 Å². The molecule has 21 heavy (non-hydrogen) atoms. The zero-order valence-corrected chi connectivity index (χ0v) is 13.4. The van der Waals surface area contributed by atoms with E-state index in [2.05, 4.69) is 33.4 Å². The molecule has 1 atom stereocenters. The smallest absolute Gasteiger partial charge is 0.169 e. The van der Waals surface area contributed by atoms with Gasteiger partial charge in [0.1, 0.15) is 6.61 Å². The minimum Gasteiger partial charge on any atom is -0.486 e. The highest BCUT2D eigenvalue weighted by Crippen LogP contribution is 2.37. The van der Waals surface area contributed by atoms with E-state index in [1.807, 2.05) is 6.07 Å². The van der Waals surface area contributed by atoms with Crippen molar-refractivity contribution in [3.05, 3.63) is 28.0 Å². The summed E-state index contributed by atoms with van der Waals surface area (Å²) in [5, 5.41) is 14.1. The van der Waals surface area contributed by atoms with Gasteiger partial charge in [-0.3, -0.25) is 0 Å². The Morgan fingerprint density at radius 1 is 1.52 bits per heavy atom. The van der Waals surface area contributed by atoms with E-state index < -0.39 is 11.4 Å². The van der Waals surface area contributed by atoms with Crippen molar-refractivity contribution in [2.75, 3.05) is 13.2 Å². The molecule has 0 bridgehead atoms. The van der Waals surface area contributed by atoms with Crippen molar-refractivity contribution >= 4 is 21.6 Å². The second-order valence-corrected chi connectivity index (χ2v) is 6.73. The summed E-state index contributed by atoms with van der Waals surface area (Å²) in [6.07, 6.45) is 2.40. The van der Waals surface area contributed by atoms with Crippen LogP contribution in [-0.2, 0) is 0 Å². The first-order valence-corrected chi connectivity index (χ1v) is 7.93. The highest BCUT2D eigenvalue weighted by atomic mass is 79.9. The second-order valence-electron chi connectivity index (χ2n) is 5.88. The van der Waals surface area contributed by atoms with E-state index >= 15 is 0 Å². The first-order valence-electron chi connectivity index (χ1n) is 7.13. The fraction of sp³-hybridized carbons (Fsp3) is 0.533. The molecular formula is C15H18BrFN2O2. The molecule has 1 saturated carbocycles. The molecule has 4 nitrogen and oxygen atoms in total. The Labute approximate surface area is 131 Å². The number of nitrogens with one attached hydrogen (secondary N) is 1. The molecule has 0 amide bonds. The van der Waals surface area contributed by atoms with Gasteiger partial charge >= 0.3 is 0 Å². The summed E-state index contributed by atoms with van der Waals surface area (Å²) in [4.78, 5) is 0. The second kappa shape index (κ2) is 5.57. The van der Waals surface area contributed by atoms with Crippen LogP contribution in [0.1, 0.15) is 31.7 Å². The lowest BCUT2D eigenvalue weighted by Gasteiger charge is -2.21. The van der Waals surface area contributed by atoms with Crippen molar-refractivity contribution in [1.29, 1.82) is 0 Å².